The summed E-state index contributed by atoms with van der Waals surface area (Å²) in [7, 11) is -9.05. The van der Waals surface area contributed by atoms with Gasteiger partial charge in [0.05, 0.1) is 15.2 Å². The number of allylic oxidation sites excluding steroid dienone is 4. The number of hydroxylamine groups is 2. The van der Waals surface area contributed by atoms with Crippen LogP contribution in [0.5, 0.6) is 11.5 Å². The van der Waals surface area contributed by atoms with Gasteiger partial charge in [0.1, 0.15) is 18.0 Å². The number of rotatable bonds is 21. The lowest BCUT2D eigenvalue weighted by Crippen LogP contribution is -2.52. The van der Waals surface area contributed by atoms with E-state index in [1.807, 2.05) is 66.7 Å². The SMILES string of the molecule is Cc1c(C)c2c(c(C)c1O)CCC(C)(C(=O)NCCNC(=O)CCCCC[N+]1=C(C=CC=C3N(CCCCCC(=O)ON4C(=O)CCC4=O)c4ccc(S(=O)(=O)O)cc4C3(C)C)C(C)(C)c3cc(S(=O)(=O)O)ccc31)O2. The van der Waals surface area contributed by atoms with E-state index in [9.17, 15) is 55.0 Å². The Morgan fingerprint density at radius 3 is 2.05 bits per heavy atom. The van der Waals surface area contributed by atoms with Gasteiger partial charge in [-0.3, -0.25) is 28.3 Å². The molecule has 76 heavy (non-hydrogen) atoms. The van der Waals surface area contributed by atoms with E-state index in [4.69, 9.17) is 9.57 Å². The lowest BCUT2D eigenvalue weighted by Gasteiger charge is -2.36. The second-order valence-electron chi connectivity index (χ2n) is 21.3. The number of hydrogen-bond acceptors (Lipinski definition) is 13. The molecule has 410 valence electrons. The smallest absolute Gasteiger partial charge is 0.333 e. The third-order valence-corrected chi connectivity index (χ3v) is 17.0. The van der Waals surface area contributed by atoms with Gasteiger partial charge in [-0.15, -0.1) is 5.06 Å². The van der Waals surface area contributed by atoms with Gasteiger partial charge < -0.3 is 30.2 Å². The van der Waals surface area contributed by atoms with Crippen molar-refractivity contribution in [2.75, 3.05) is 31.1 Å². The topological polar surface area (TPSA) is 266 Å². The van der Waals surface area contributed by atoms with Crippen molar-refractivity contribution in [2.24, 2.45) is 0 Å². The number of hydrogen-bond donors (Lipinski definition) is 5. The number of ether oxygens (including phenoxy) is 1. The molecule has 4 aliphatic heterocycles. The van der Waals surface area contributed by atoms with E-state index in [-0.39, 0.29) is 66.1 Å². The fourth-order valence-electron chi connectivity index (χ4n) is 10.7. The summed E-state index contributed by atoms with van der Waals surface area (Å²) in [5, 5.41) is 16.8. The van der Waals surface area contributed by atoms with Crippen LogP contribution in [-0.2, 0) is 66.3 Å². The molecule has 19 nitrogen and oxygen atoms in total. The Labute approximate surface area is 444 Å². The average molecular weight is 1090 g/mol. The van der Waals surface area contributed by atoms with E-state index in [0.717, 1.165) is 39.5 Å². The maximum absolute atomic E-state index is 13.3. The third kappa shape index (κ3) is 11.9. The van der Waals surface area contributed by atoms with E-state index in [2.05, 4.69) is 20.1 Å². The minimum absolute atomic E-state index is 0.00291. The maximum atomic E-state index is 13.3. The number of carbonyl (C=O) groups is 5. The van der Waals surface area contributed by atoms with Crippen LogP contribution in [0.1, 0.15) is 139 Å². The van der Waals surface area contributed by atoms with Gasteiger partial charge in [-0.1, -0.05) is 26.3 Å². The molecule has 1 saturated heterocycles. The van der Waals surface area contributed by atoms with Gasteiger partial charge in [0.25, 0.3) is 38.0 Å². The number of carbonyl (C=O) groups excluding carboxylic acids is 5. The van der Waals surface area contributed by atoms with Crippen molar-refractivity contribution >= 4 is 66.9 Å². The van der Waals surface area contributed by atoms with Crippen LogP contribution < -0.4 is 20.3 Å². The molecular weight excluding hydrogens is 1020 g/mol. The van der Waals surface area contributed by atoms with Crippen molar-refractivity contribution in [1.29, 1.82) is 0 Å². The summed E-state index contributed by atoms with van der Waals surface area (Å²) >= 11 is 0. The van der Waals surface area contributed by atoms with Crippen LogP contribution >= 0.6 is 0 Å². The fourth-order valence-corrected chi connectivity index (χ4v) is 11.7. The van der Waals surface area contributed by atoms with Crippen LogP contribution in [0.4, 0.5) is 11.4 Å². The molecule has 1 fully saturated rings. The van der Waals surface area contributed by atoms with Gasteiger partial charge in [0.2, 0.25) is 11.6 Å². The van der Waals surface area contributed by atoms with Crippen molar-refractivity contribution in [1.82, 2.24) is 15.7 Å². The molecule has 3 aromatic carbocycles. The van der Waals surface area contributed by atoms with Crippen molar-refractivity contribution in [2.45, 2.75) is 159 Å². The molecule has 0 bridgehead atoms. The summed E-state index contributed by atoms with van der Waals surface area (Å²) in [6, 6.07) is 8.99. The van der Waals surface area contributed by atoms with Crippen LogP contribution in [0.25, 0.3) is 0 Å². The van der Waals surface area contributed by atoms with Gasteiger partial charge >= 0.3 is 5.97 Å². The molecule has 4 heterocycles. The first-order valence-corrected chi connectivity index (χ1v) is 28.6. The van der Waals surface area contributed by atoms with E-state index in [1.165, 1.54) is 24.3 Å². The largest absolute Gasteiger partial charge is 0.507 e. The zero-order chi connectivity index (χ0) is 55.7. The molecule has 7 rings (SSSR count). The number of benzene rings is 3. The number of amides is 4. The molecule has 0 saturated carbocycles. The predicted molar refractivity (Wildman–Crippen MR) is 283 cm³/mol. The van der Waals surface area contributed by atoms with Gasteiger partial charge in [-0.2, -0.15) is 21.4 Å². The van der Waals surface area contributed by atoms with Crippen LogP contribution in [0.2, 0.25) is 0 Å². The number of fused-ring (bicyclic) bond motifs is 3. The number of phenols is 1. The van der Waals surface area contributed by atoms with Crippen LogP contribution in [0.15, 0.2) is 70.1 Å². The highest BCUT2D eigenvalue weighted by atomic mass is 32.2. The fraction of sp³-hybridized carbons (Fsp3) is 0.491. The van der Waals surface area contributed by atoms with Gasteiger partial charge in [-0.05, 0) is 132 Å². The molecule has 0 spiro atoms. The second-order valence-corrected chi connectivity index (χ2v) is 24.1. The molecule has 3 aromatic rings. The summed E-state index contributed by atoms with van der Waals surface area (Å²) in [6.07, 6.45) is 10.5. The number of nitrogens with one attached hydrogen (secondary N) is 2. The third-order valence-electron chi connectivity index (χ3n) is 15.3. The normalized spacial score (nSPS) is 19.3. The molecule has 0 aliphatic carbocycles. The Morgan fingerprint density at radius 1 is 0.763 bits per heavy atom. The molecule has 4 aliphatic rings. The summed E-state index contributed by atoms with van der Waals surface area (Å²) in [4.78, 5) is 69.1. The van der Waals surface area contributed by atoms with Crippen molar-refractivity contribution < 1.29 is 69.2 Å². The minimum atomic E-state index is -4.53. The molecule has 0 radical (unpaired) electrons. The summed E-state index contributed by atoms with van der Waals surface area (Å²) in [6.45, 7) is 16.5. The first-order valence-electron chi connectivity index (χ1n) is 25.8. The summed E-state index contributed by atoms with van der Waals surface area (Å²) in [5.74, 6) is -1.36. The highest BCUT2D eigenvalue weighted by Gasteiger charge is 2.46. The highest BCUT2D eigenvalue weighted by molar-refractivity contribution is 7.86. The van der Waals surface area contributed by atoms with Crippen molar-refractivity contribution in [3.05, 3.63) is 93.7 Å². The molecule has 1 unspecified atom stereocenters. The number of imide groups is 1. The van der Waals surface area contributed by atoms with E-state index in [1.54, 1.807) is 19.1 Å². The highest BCUT2D eigenvalue weighted by Crippen LogP contribution is 2.49. The molecule has 21 heteroatoms. The Kier molecular flexibility index (Phi) is 16.8. The first-order chi connectivity index (χ1) is 35.6. The van der Waals surface area contributed by atoms with Crippen molar-refractivity contribution in [3.63, 3.8) is 0 Å². The first kappa shape index (κ1) is 57.3. The number of phenolic OH excluding ortho intramolecular Hbond substituents is 1. The summed E-state index contributed by atoms with van der Waals surface area (Å²) < 4.78 is 77.6. The van der Waals surface area contributed by atoms with Gasteiger partial charge in [0, 0.05) is 98.2 Å². The molecule has 4 amide bonds. The monoisotopic (exact) mass is 1090 g/mol. The Morgan fingerprint density at radius 2 is 1.38 bits per heavy atom. The van der Waals surface area contributed by atoms with E-state index in [0.29, 0.717) is 92.0 Å². The van der Waals surface area contributed by atoms with Crippen LogP contribution in [0.3, 0.4) is 0 Å². The molecular formula is C55H70N5O14S2+. The summed E-state index contributed by atoms with van der Waals surface area (Å²) in [5.41, 5.74) is 5.05. The second kappa shape index (κ2) is 22.3. The van der Waals surface area contributed by atoms with E-state index >= 15 is 0 Å². The Bertz CT molecular complexity index is 3180. The molecule has 0 aromatic heterocycles. The van der Waals surface area contributed by atoms with Gasteiger partial charge in [-0.25, -0.2) is 4.79 Å². The number of aromatic hydroxyl groups is 1. The number of anilines is 1. The van der Waals surface area contributed by atoms with Crippen LogP contribution in [0, 0.1) is 20.8 Å². The zero-order valence-corrected chi connectivity index (χ0v) is 46.1. The lowest BCUT2D eigenvalue weighted by molar-refractivity contribution is -0.438. The van der Waals surface area contributed by atoms with E-state index < -0.39 is 54.5 Å². The van der Waals surface area contributed by atoms with Crippen molar-refractivity contribution in [3.8, 4) is 11.5 Å². The van der Waals surface area contributed by atoms with Crippen LogP contribution in [-0.4, -0.2) is 108 Å². The molecule has 1 atom stereocenters. The quantitative estimate of drug-likeness (QED) is 0.0306. The zero-order valence-electron chi connectivity index (χ0n) is 44.5. The maximum Gasteiger partial charge on any atom is 0.333 e. The standard InChI is InChI=1S/C55H69N5O14S2/c1-34-35(2)51-39(36(3)50(34)65)26-27-55(8,73-51)52(66)57-29-28-56-46(61)18-11-9-13-30-58-42-22-20-37(75(67,68)69)32-40(42)53(4,5)44(58)16-15-17-45-54(6,7)41-33-38(76(70,71)72)21-23-43(41)59(45)31-14-10-12-19-49(64)74-60-47(62)24-25-48(60)63/h15-17,20-23,32-33H,9-14,18-19,24-31H2,1-8H3,(H4-,56,57,61,65,66,67,68,69,70,71,72)/p+1. The van der Waals surface area contributed by atoms with Gasteiger partial charge in [0.15, 0.2) is 11.3 Å². The predicted octanol–water partition coefficient (Wildman–Crippen LogP) is 7.17. The Balaban J connectivity index is 1.00. The number of unbranched alkanes of at least 4 members (excludes halogenated alkanes) is 4. The average Bonchev–Trinajstić information content (AvgIpc) is 3.89. The Hall–Kier alpha value is -6.42. The number of nitrogens with zero attached hydrogens (tertiary/aromatic N) is 3. The molecule has 5 N–H and O–H groups in total. The lowest BCUT2D eigenvalue weighted by atomic mass is 9.81. The minimum Gasteiger partial charge on any atom is -0.507 e.